The van der Waals surface area contributed by atoms with Crippen molar-refractivity contribution in [1.29, 1.82) is 0 Å². The molecule has 4 aromatic rings. The van der Waals surface area contributed by atoms with Gasteiger partial charge in [-0.15, -0.1) is 11.3 Å². The molecule has 8 heteroatoms. The molecule has 0 fully saturated rings. The lowest BCUT2D eigenvalue weighted by Crippen LogP contribution is -2.12. The zero-order valence-corrected chi connectivity index (χ0v) is 16.8. The van der Waals surface area contributed by atoms with E-state index in [1.807, 2.05) is 56.4 Å². The van der Waals surface area contributed by atoms with E-state index in [0.29, 0.717) is 22.9 Å². The predicted molar refractivity (Wildman–Crippen MR) is 113 cm³/mol. The fraction of sp³-hybridized carbons (Fsp3) is 0.143. The molecule has 1 aromatic carbocycles. The second-order valence-electron chi connectivity index (χ2n) is 6.22. The first kappa shape index (κ1) is 18.8. The monoisotopic (exact) mass is 405 g/mol. The van der Waals surface area contributed by atoms with Gasteiger partial charge >= 0.3 is 0 Å². The lowest BCUT2D eigenvalue weighted by atomic mass is 10.2. The largest absolute Gasteiger partial charge is 0.494 e. The standard InChI is InChI=1S/C21H19N5O2S/c1-3-28-17-7-4-15(5-8-17)21-24-14(2)19(29-21)20(27)25-16-6-9-18(23-12-16)26-11-10-22-13-26/h4-13H,3H2,1-2H3,(H,25,27). The summed E-state index contributed by atoms with van der Waals surface area (Å²) in [6.45, 7) is 4.41. The maximum Gasteiger partial charge on any atom is 0.267 e. The van der Waals surface area contributed by atoms with Crippen LogP contribution in [-0.4, -0.2) is 32.0 Å². The van der Waals surface area contributed by atoms with Gasteiger partial charge in [0.2, 0.25) is 0 Å². The minimum Gasteiger partial charge on any atom is -0.494 e. The molecule has 4 rings (SSSR count). The Hall–Kier alpha value is -3.52. The molecule has 0 radical (unpaired) electrons. The molecule has 29 heavy (non-hydrogen) atoms. The molecular formula is C21H19N5O2S. The predicted octanol–water partition coefficient (Wildman–Crippen LogP) is 4.35. The van der Waals surface area contributed by atoms with Crippen LogP contribution in [-0.2, 0) is 0 Å². The van der Waals surface area contributed by atoms with Crippen LogP contribution < -0.4 is 10.1 Å². The maximum atomic E-state index is 12.7. The zero-order chi connectivity index (χ0) is 20.2. The van der Waals surface area contributed by atoms with Gasteiger partial charge < -0.3 is 10.1 Å². The van der Waals surface area contributed by atoms with Gasteiger partial charge in [-0.05, 0) is 50.2 Å². The van der Waals surface area contributed by atoms with Crippen LogP contribution in [0, 0.1) is 6.92 Å². The molecule has 0 aliphatic carbocycles. The number of aromatic nitrogens is 4. The number of pyridine rings is 1. The van der Waals surface area contributed by atoms with Crippen LogP contribution in [0.25, 0.3) is 16.4 Å². The average Bonchev–Trinajstić information content (AvgIpc) is 3.39. The van der Waals surface area contributed by atoms with Crippen molar-refractivity contribution in [3.8, 4) is 22.1 Å². The highest BCUT2D eigenvalue weighted by molar-refractivity contribution is 7.17. The Balaban J connectivity index is 1.49. The van der Waals surface area contributed by atoms with Crippen molar-refractivity contribution in [2.75, 3.05) is 11.9 Å². The maximum absolute atomic E-state index is 12.7. The summed E-state index contributed by atoms with van der Waals surface area (Å²) in [5, 5.41) is 3.68. The number of carbonyl (C=O) groups excluding carboxylic acids is 1. The Bertz CT molecular complexity index is 1100. The van der Waals surface area contributed by atoms with Crippen molar-refractivity contribution in [1.82, 2.24) is 19.5 Å². The zero-order valence-electron chi connectivity index (χ0n) is 16.0. The van der Waals surface area contributed by atoms with Gasteiger partial charge in [0.15, 0.2) is 0 Å². The second-order valence-corrected chi connectivity index (χ2v) is 7.22. The third-order valence-corrected chi connectivity index (χ3v) is 5.40. The number of carbonyl (C=O) groups is 1. The van der Waals surface area contributed by atoms with Gasteiger partial charge in [0.25, 0.3) is 5.91 Å². The summed E-state index contributed by atoms with van der Waals surface area (Å²) in [5.41, 5.74) is 2.26. The molecule has 0 aliphatic rings. The normalized spacial score (nSPS) is 10.7. The van der Waals surface area contributed by atoms with Crippen molar-refractivity contribution in [3.05, 3.63) is 71.9 Å². The van der Waals surface area contributed by atoms with E-state index in [1.165, 1.54) is 11.3 Å². The van der Waals surface area contributed by atoms with E-state index >= 15 is 0 Å². The molecule has 1 N–H and O–H groups in total. The molecule has 0 atom stereocenters. The number of amides is 1. The summed E-state index contributed by atoms with van der Waals surface area (Å²) < 4.78 is 7.26. The third kappa shape index (κ3) is 4.17. The van der Waals surface area contributed by atoms with E-state index in [4.69, 9.17) is 4.74 Å². The highest BCUT2D eigenvalue weighted by atomic mass is 32.1. The van der Waals surface area contributed by atoms with Gasteiger partial charge in [-0.2, -0.15) is 0 Å². The van der Waals surface area contributed by atoms with Gasteiger partial charge in [0.1, 0.15) is 27.8 Å². The van der Waals surface area contributed by atoms with E-state index in [1.54, 1.807) is 23.3 Å². The summed E-state index contributed by atoms with van der Waals surface area (Å²) in [6, 6.07) is 11.3. The molecular weight excluding hydrogens is 386 g/mol. The lowest BCUT2D eigenvalue weighted by Gasteiger charge is -2.05. The minimum atomic E-state index is -0.200. The van der Waals surface area contributed by atoms with Crippen LogP contribution in [0.5, 0.6) is 5.75 Å². The van der Waals surface area contributed by atoms with Crippen molar-refractivity contribution in [3.63, 3.8) is 0 Å². The molecule has 0 unspecified atom stereocenters. The molecule has 0 spiro atoms. The Morgan fingerprint density at radius 3 is 2.69 bits per heavy atom. The number of hydrogen-bond donors (Lipinski definition) is 1. The molecule has 1 amide bonds. The van der Waals surface area contributed by atoms with Crippen LogP contribution in [0.3, 0.4) is 0 Å². The van der Waals surface area contributed by atoms with Crippen molar-refractivity contribution < 1.29 is 9.53 Å². The number of anilines is 1. The molecule has 0 saturated heterocycles. The van der Waals surface area contributed by atoms with Crippen LogP contribution in [0.2, 0.25) is 0 Å². The summed E-state index contributed by atoms with van der Waals surface area (Å²) in [7, 11) is 0. The SMILES string of the molecule is CCOc1ccc(-c2nc(C)c(C(=O)Nc3ccc(-n4ccnc4)nc3)s2)cc1. The first-order valence-electron chi connectivity index (χ1n) is 9.10. The second kappa shape index (κ2) is 8.24. The van der Waals surface area contributed by atoms with Gasteiger partial charge in [-0.25, -0.2) is 15.0 Å². The van der Waals surface area contributed by atoms with Crippen LogP contribution in [0.15, 0.2) is 61.3 Å². The van der Waals surface area contributed by atoms with Gasteiger partial charge in [-0.3, -0.25) is 9.36 Å². The molecule has 7 nitrogen and oxygen atoms in total. The first-order valence-corrected chi connectivity index (χ1v) is 9.92. The number of rotatable bonds is 6. The fourth-order valence-corrected chi connectivity index (χ4v) is 3.75. The average molecular weight is 405 g/mol. The highest BCUT2D eigenvalue weighted by Gasteiger charge is 2.17. The van der Waals surface area contributed by atoms with Crippen LogP contribution in [0.1, 0.15) is 22.3 Å². The molecule has 0 bridgehead atoms. The third-order valence-electron chi connectivity index (χ3n) is 4.19. The Morgan fingerprint density at radius 2 is 2.03 bits per heavy atom. The van der Waals surface area contributed by atoms with Crippen molar-refractivity contribution in [2.24, 2.45) is 0 Å². The lowest BCUT2D eigenvalue weighted by molar-refractivity contribution is 0.102. The van der Waals surface area contributed by atoms with E-state index in [0.717, 1.165) is 22.1 Å². The quantitative estimate of drug-likeness (QED) is 0.516. The Kier molecular flexibility index (Phi) is 5.35. The molecule has 0 saturated carbocycles. The van der Waals surface area contributed by atoms with E-state index < -0.39 is 0 Å². The molecule has 146 valence electrons. The smallest absolute Gasteiger partial charge is 0.267 e. The van der Waals surface area contributed by atoms with E-state index in [2.05, 4.69) is 20.3 Å². The number of thiazole rings is 1. The number of imidazole rings is 1. The van der Waals surface area contributed by atoms with Crippen LogP contribution in [0.4, 0.5) is 5.69 Å². The van der Waals surface area contributed by atoms with Gasteiger partial charge in [0, 0.05) is 18.0 Å². The van der Waals surface area contributed by atoms with Crippen molar-refractivity contribution >= 4 is 22.9 Å². The number of ether oxygens (including phenoxy) is 1. The summed E-state index contributed by atoms with van der Waals surface area (Å²) in [6.07, 6.45) is 6.79. The first-order chi connectivity index (χ1) is 14.1. The topological polar surface area (TPSA) is 81.9 Å². The van der Waals surface area contributed by atoms with E-state index in [9.17, 15) is 4.79 Å². The summed E-state index contributed by atoms with van der Waals surface area (Å²) in [5.74, 6) is 1.34. The van der Waals surface area contributed by atoms with E-state index in [-0.39, 0.29) is 5.91 Å². The Morgan fingerprint density at radius 1 is 1.21 bits per heavy atom. The van der Waals surface area contributed by atoms with Gasteiger partial charge in [-0.1, -0.05) is 0 Å². The number of hydrogen-bond acceptors (Lipinski definition) is 6. The molecule has 3 aromatic heterocycles. The Labute approximate surface area is 172 Å². The van der Waals surface area contributed by atoms with Crippen molar-refractivity contribution in [2.45, 2.75) is 13.8 Å². The number of nitrogens with one attached hydrogen (secondary N) is 1. The number of aryl methyl sites for hydroxylation is 1. The fourth-order valence-electron chi connectivity index (χ4n) is 2.79. The van der Waals surface area contributed by atoms with Crippen LogP contribution >= 0.6 is 11.3 Å². The minimum absolute atomic E-state index is 0.200. The van der Waals surface area contributed by atoms with Gasteiger partial charge in [0.05, 0.1) is 24.2 Å². The number of nitrogens with zero attached hydrogens (tertiary/aromatic N) is 4. The highest BCUT2D eigenvalue weighted by Crippen LogP contribution is 2.29. The molecule has 0 aliphatic heterocycles. The molecule has 3 heterocycles. The number of benzene rings is 1. The summed E-state index contributed by atoms with van der Waals surface area (Å²) >= 11 is 1.36. The summed E-state index contributed by atoms with van der Waals surface area (Å²) in [4.78, 5) is 26.2.